The lowest BCUT2D eigenvalue weighted by atomic mass is 9.98. The van der Waals surface area contributed by atoms with Gasteiger partial charge in [0.05, 0.1) is 11.0 Å². The van der Waals surface area contributed by atoms with Gasteiger partial charge < -0.3 is 0 Å². The number of benzene rings is 2. The molecule has 0 bridgehead atoms. The second-order valence-corrected chi connectivity index (χ2v) is 5.36. The number of pyridine rings is 1. The molecular formula is C20H23N. The van der Waals surface area contributed by atoms with E-state index in [1.165, 1.54) is 28.3 Å². The molecule has 3 aromatic rings. The van der Waals surface area contributed by atoms with Crippen LogP contribution in [0.3, 0.4) is 0 Å². The molecule has 0 aliphatic heterocycles. The van der Waals surface area contributed by atoms with Gasteiger partial charge >= 0.3 is 0 Å². The highest BCUT2D eigenvalue weighted by Gasteiger charge is 2.08. The van der Waals surface area contributed by atoms with E-state index in [0.717, 1.165) is 16.6 Å². The van der Waals surface area contributed by atoms with E-state index in [1.807, 2.05) is 12.1 Å². The minimum atomic E-state index is 1.05. The summed E-state index contributed by atoms with van der Waals surface area (Å²) in [6.45, 7) is 12.4. The molecule has 0 aliphatic carbocycles. The van der Waals surface area contributed by atoms with E-state index in [1.54, 1.807) is 0 Å². The van der Waals surface area contributed by atoms with Crippen LogP contribution in [0.1, 0.15) is 37.0 Å². The van der Waals surface area contributed by atoms with Gasteiger partial charge in [-0.2, -0.15) is 0 Å². The highest BCUT2D eigenvalue weighted by molar-refractivity contribution is 6.00. The summed E-state index contributed by atoms with van der Waals surface area (Å²) < 4.78 is 0. The first kappa shape index (κ1) is 15.2. The molecular weight excluding hydrogens is 254 g/mol. The molecule has 0 saturated heterocycles. The summed E-state index contributed by atoms with van der Waals surface area (Å²) in [5.74, 6) is 0. The van der Waals surface area contributed by atoms with Gasteiger partial charge in [-0.3, -0.25) is 0 Å². The van der Waals surface area contributed by atoms with E-state index in [-0.39, 0.29) is 0 Å². The maximum absolute atomic E-state index is 4.80. The van der Waals surface area contributed by atoms with Crippen molar-refractivity contribution in [1.29, 1.82) is 0 Å². The van der Waals surface area contributed by atoms with Crippen LogP contribution in [0.15, 0.2) is 43.0 Å². The lowest BCUT2D eigenvalue weighted by Crippen LogP contribution is -1.92. The Morgan fingerprint density at radius 1 is 1.00 bits per heavy atom. The fourth-order valence-corrected chi connectivity index (χ4v) is 2.54. The number of nitrogens with zero attached hydrogens (tertiary/aromatic N) is 1. The second-order valence-electron chi connectivity index (χ2n) is 5.36. The molecule has 21 heavy (non-hydrogen) atoms. The molecule has 3 rings (SSSR count). The predicted molar refractivity (Wildman–Crippen MR) is 94.8 cm³/mol. The van der Waals surface area contributed by atoms with E-state index in [9.17, 15) is 0 Å². The third-order valence-corrected chi connectivity index (χ3v) is 3.58. The largest absolute Gasteiger partial charge is 0.247 e. The summed E-state index contributed by atoms with van der Waals surface area (Å²) >= 11 is 0. The van der Waals surface area contributed by atoms with Crippen molar-refractivity contribution in [2.75, 3.05) is 0 Å². The van der Waals surface area contributed by atoms with E-state index >= 15 is 0 Å². The molecule has 0 aliphatic rings. The van der Waals surface area contributed by atoms with Crippen molar-refractivity contribution < 1.29 is 0 Å². The Morgan fingerprint density at radius 3 is 2.33 bits per heavy atom. The van der Waals surface area contributed by atoms with Crippen molar-refractivity contribution in [3.05, 3.63) is 59.7 Å². The lowest BCUT2D eigenvalue weighted by molar-refractivity contribution is 1.09. The van der Waals surface area contributed by atoms with Crippen LogP contribution in [0.4, 0.5) is 0 Å². The second kappa shape index (κ2) is 6.53. The Morgan fingerprint density at radius 2 is 1.67 bits per heavy atom. The Hall–Kier alpha value is -2.15. The molecule has 0 amide bonds. The lowest BCUT2D eigenvalue weighted by Gasteiger charge is -2.10. The summed E-state index contributed by atoms with van der Waals surface area (Å²) in [6, 6.07) is 12.6. The van der Waals surface area contributed by atoms with Crippen LogP contribution in [0.5, 0.6) is 0 Å². The Balaban J connectivity index is 0.000000497. The number of para-hydroxylation sites is 1. The quantitative estimate of drug-likeness (QED) is 0.492. The maximum Gasteiger partial charge on any atom is 0.0787 e. The standard InChI is InChI=1S/C17H15N.C3H8/c1-4-13-11(2)9-10-15-12(3)14-7-5-6-8-16(14)18-17(13)15;1-3-2/h4-10H,1H2,2-3H3;3H2,1-2H3. The average molecular weight is 277 g/mol. The summed E-state index contributed by atoms with van der Waals surface area (Å²) in [5.41, 5.74) is 5.76. The van der Waals surface area contributed by atoms with Crippen molar-refractivity contribution in [2.45, 2.75) is 34.1 Å². The molecule has 1 heterocycles. The van der Waals surface area contributed by atoms with Crippen LogP contribution in [0.2, 0.25) is 0 Å². The zero-order valence-electron chi connectivity index (χ0n) is 13.4. The van der Waals surface area contributed by atoms with Crippen molar-refractivity contribution >= 4 is 27.9 Å². The molecule has 0 fully saturated rings. The molecule has 2 aromatic carbocycles. The van der Waals surface area contributed by atoms with Gasteiger partial charge in [0, 0.05) is 16.3 Å². The molecule has 1 nitrogen and oxygen atoms in total. The zero-order chi connectivity index (χ0) is 15.4. The van der Waals surface area contributed by atoms with Gasteiger partial charge in [-0.1, -0.05) is 63.3 Å². The molecule has 0 unspecified atom stereocenters. The summed E-state index contributed by atoms with van der Waals surface area (Å²) in [5, 5.41) is 2.44. The average Bonchev–Trinajstić information content (AvgIpc) is 2.48. The van der Waals surface area contributed by atoms with Gasteiger partial charge in [0.25, 0.3) is 0 Å². The topological polar surface area (TPSA) is 12.9 Å². The first-order valence-electron chi connectivity index (χ1n) is 7.55. The molecule has 0 atom stereocenters. The number of fused-ring (bicyclic) bond motifs is 2. The van der Waals surface area contributed by atoms with Gasteiger partial charge in [0.1, 0.15) is 0 Å². The minimum Gasteiger partial charge on any atom is -0.247 e. The molecule has 0 radical (unpaired) electrons. The molecule has 0 spiro atoms. The van der Waals surface area contributed by atoms with E-state index in [4.69, 9.17) is 4.98 Å². The van der Waals surface area contributed by atoms with Crippen LogP contribution < -0.4 is 0 Å². The van der Waals surface area contributed by atoms with E-state index in [0.29, 0.717) is 0 Å². The monoisotopic (exact) mass is 277 g/mol. The molecule has 1 aromatic heterocycles. The summed E-state index contributed by atoms with van der Waals surface area (Å²) in [6.07, 6.45) is 3.15. The molecule has 108 valence electrons. The van der Waals surface area contributed by atoms with E-state index in [2.05, 4.69) is 64.6 Å². The third-order valence-electron chi connectivity index (χ3n) is 3.58. The normalized spacial score (nSPS) is 10.3. The number of rotatable bonds is 1. The van der Waals surface area contributed by atoms with Crippen LogP contribution >= 0.6 is 0 Å². The van der Waals surface area contributed by atoms with Crippen molar-refractivity contribution in [3.63, 3.8) is 0 Å². The van der Waals surface area contributed by atoms with Crippen molar-refractivity contribution in [1.82, 2.24) is 4.98 Å². The van der Waals surface area contributed by atoms with Crippen molar-refractivity contribution in [3.8, 4) is 0 Å². The predicted octanol–water partition coefficient (Wildman–Crippen LogP) is 6.06. The van der Waals surface area contributed by atoms with Crippen LogP contribution in [0, 0.1) is 13.8 Å². The Kier molecular flexibility index (Phi) is 4.74. The SMILES string of the molecule is C=Cc1c(C)ccc2c(C)c3ccccc3nc12.CCC. The number of hydrogen-bond acceptors (Lipinski definition) is 1. The number of aromatic nitrogens is 1. The van der Waals surface area contributed by atoms with Gasteiger partial charge in [0.2, 0.25) is 0 Å². The summed E-state index contributed by atoms with van der Waals surface area (Å²) in [7, 11) is 0. The van der Waals surface area contributed by atoms with Gasteiger partial charge in [0.15, 0.2) is 0 Å². The van der Waals surface area contributed by atoms with Crippen LogP contribution in [-0.2, 0) is 0 Å². The maximum atomic E-state index is 4.80. The summed E-state index contributed by atoms with van der Waals surface area (Å²) in [4.78, 5) is 4.80. The number of aryl methyl sites for hydroxylation is 2. The molecule has 1 heteroatoms. The fraction of sp³-hybridized carbons (Fsp3) is 0.250. The highest BCUT2D eigenvalue weighted by atomic mass is 14.7. The van der Waals surface area contributed by atoms with Gasteiger partial charge in [-0.25, -0.2) is 4.98 Å². The minimum absolute atomic E-state index is 1.05. The smallest absolute Gasteiger partial charge is 0.0787 e. The zero-order valence-corrected chi connectivity index (χ0v) is 13.4. The number of hydrogen-bond donors (Lipinski definition) is 0. The highest BCUT2D eigenvalue weighted by Crippen LogP contribution is 2.29. The van der Waals surface area contributed by atoms with Gasteiger partial charge in [-0.05, 0) is 31.0 Å². The van der Waals surface area contributed by atoms with Crippen LogP contribution in [-0.4, -0.2) is 4.98 Å². The Labute approximate surface area is 127 Å². The first-order valence-corrected chi connectivity index (χ1v) is 7.55. The fourth-order valence-electron chi connectivity index (χ4n) is 2.54. The first-order chi connectivity index (χ1) is 10.1. The third kappa shape index (κ3) is 2.82. The molecule has 0 saturated carbocycles. The van der Waals surface area contributed by atoms with Gasteiger partial charge in [-0.15, -0.1) is 0 Å². The Bertz CT molecular complexity index is 785. The van der Waals surface area contributed by atoms with Crippen LogP contribution in [0.25, 0.3) is 27.9 Å². The van der Waals surface area contributed by atoms with E-state index < -0.39 is 0 Å². The molecule has 0 N–H and O–H groups in total. The van der Waals surface area contributed by atoms with Crippen molar-refractivity contribution in [2.24, 2.45) is 0 Å².